The number of rotatable bonds is 3. The normalized spacial score (nSPS) is 11.6. The first-order chi connectivity index (χ1) is 8.70. The van der Waals surface area contributed by atoms with Gasteiger partial charge in [-0.3, -0.25) is 0 Å². The molecule has 0 saturated carbocycles. The van der Waals surface area contributed by atoms with Gasteiger partial charge in [0.05, 0.1) is 6.61 Å². The fourth-order valence-electron chi connectivity index (χ4n) is 1.82. The lowest BCUT2D eigenvalue weighted by Gasteiger charge is -2.05. The number of halogens is 1. The highest BCUT2D eigenvalue weighted by molar-refractivity contribution is 9.10. The van der Waals surface area contributed by atoms with Crippen LogP contribution in [0.5, 0.6) is 0 Å². The monoisotopic (exact) mass is 302 g/mol. The molecule has 2 aromatic carbocycles. The van der Waals surface area contributed by atoms with E-state index in [4.69, 9.17) is 5.11 Å². The average Bonchev–Trinajstić information content (AvgIpc) is 2.40. The Morgan fingerprint density at radius 1 is 1.00 bits per heavy atom. The zero-order valence-corrected chi connectivity index (χ0v) is 11.8. The molecular weight excluding hydrogens is 288 g/mol. The van der Waals surface area contributed by atoms with Crippen molar-refractivity contribution in [3.05, 3.63) is 64.6 Å². The van der Waals surface area contributed by atoms with Gasteiger partial charge in [-0.2, -0.15) is 0 Å². The summed E-state index contributed by atoms with van der Waals surface area (Å²) >= 11 is 3.43. The molecule has 0 saturated heterocycles. The summed E-state index contributed by atoms with van der Waals surface area (Å²) in [5, 5.41) is 8.88. The van der Waals surface area contributed by atoms with Crippen molar-refractivity contribution in [2.45, 2.75) is 6.92 Å². The minimum absolute atomic E-state index is 0.0836. The maximum Gasteiger partial charge on any atom is 0.0618 e. The first-order valence-electron chi connectivity index (χ1n) is 5.84. The molecule has 92 valence electrons. The van der Waals surface area contributed by atoms with Gasteiger partial charge in [-0.1, -0.05) is 58.4 Å². The molecule has 0 bridgehead atoms. The molecular formula is C16H15BrO. The number of aliphatic hydroxyl groups excluding tert-OH is 1. The maximum absolute atomic E-state index is 8.88. The standard InChI is InChI=1S/C16H15BrO/c1-12(10-11-18)13-2-4-14(5-3-13)15-6-8-16(17)9-7-15/h2-10,18H,11H2,1H3. The van der Waals surface area contributed by atoms with Gasteiger partial charge < -0.3 is 5.11 Å². The van der Waals surface area contributed by atoms with Crippen LogP contribution in [0.15, 0.2) is 59.1 Å². The third kappa shape index (κ3) is 3.09. The minimum Gasteiger partial charge on any atom is -0.392 e. The number of allylic oxidation sites excluding steroid dienone is 1. The highest BCUT2D eigenvalue weighted by Crippen LogP contribution is 2.23. The topological polar surface area (TPSA) is 20.2 Å². The van der Waals surface area contributed by atoms with Crippen LogP contribution >= 0.6 is 15.9 Å². The van der Waals surface area contributed by atoms with E-state index in [9.17, 15) is 0 Å². The Labute approximate surface area is 116 Å². The van der Waals surface area contributed by atoms with E-state index in [0.717, 1.165) is 15.6 Å². The van der Waals surface area contributed by atoms with Crippen molar-refractivity contribution in [2.24, 2.45) is 0 Å². The van der Waals surface area contributed by atoms with E-state index in [-0.39, 0.29) is 6.61 Å². The summed E-state index contributed by atoms with van der Waals surface area (Å²) in [5.74, 6) is 0. The van der Waals surface area contributed by atoms with E-state index in [0.29, 0.717) is 0 Å². The summed E-state index contributed by atoms with van der Waals surface area (Å²) in [5.41, 5.74) is 4.64. The zero-order chi connectivity index (χ0) is 13.0. The molecule has 0 atom stereocenters. The van der Waals surface area contributed by atoms with Crippen LogP contribution in [0, 0.1) is 0 Å². The molecule has 0 amide bonds. The number of hydrogen-bond acceptors (Lipinski definition) is 1. The Hall–Kier alpha value is -1.38. The Morgan fingerprint density at radius 2 is 1.50 bits per heavy atom. The predicted octanol–water partition coefficient (Wildman–Crippen LogP) is 4.51. The second-order valence-corrected chi connectivity index (χ2v) is 5.07. The highest BCUT2D eigenvalue weighted by Gasteiger charge is 1.99. The molecule has 0 fully saturated rings. The van der Waals surface area contributed by atoms with Gasteiger partial charge >= 0.3 is 0 Å². The van der Waals surface area contributed by atoms with Crippen molar-refractivity contribution in [3.63, 3.8) is 0 Å². The molecule has 1 N–H and O–H groups in total. The maximum atomic E-state index is 8.88. The summed E-state index contributed by atoms with van der Waals surface area (Å²) < 4.78 is 1.09. The number of benzene rings is 2. The Balaban J connectivity index is 2.27. The highest BCUT2D eigenvalue weighted by atomic mass is 79.9. The molecule has 0 aromatic heterocycles. The van der Waals surface area contributed by atoms with Crippen LogP contribution in [0.25, 0.3) is 16.7 Å². The van der Waals surface area contributed by atoms with Gasteiger partial charge in [0.2, 0.25) is 0 Å². The van der Waals surface area contributed by atoms with Gasteiger partial charge in [-0.05, 0) is 41.3 Å². The van der Waals surface area contributed by atoms with Crippen molar-refractivity contribution in [1.82, 2.24) is 0 Å². The number of aliphatic hydroxyl groups is 1. The second kappa shape index (κ2) is 5.98. The van der Waals surface area contributed by atoms with E-state index in [2.05, 4.69) is 52.3 Å². The predicted molar refractivity (Wildman–Crippen MR) is 80.3 cm³/mol. The lowest BCUT2D eigenvalue weighted by molar-refractivity contribution is 0.343. The Kier molecular flexibility index (Phi) is 4.34. The third-order valence-corrected chi connectivity index (χ3v) is 3.44. The van der Waals surface area contributed by atoms with Crippen LogP contribution in [0.1, 0.15) is 12.5 Å². The second-order valence-electron chi connectivity index (χ2n) is 4.15. The summed E-state index contributed by atoms with van der Waals surface area (Å²) in [6, 6.07) is 16.6. The molecule has 0 aliphatic heterocycles. The van der Waals surface area contributed by atoms with Gasteiger partial charge in [-0.25, -0.2) is 0 Å². The number of hydrogen-bond donors (Lipinski definition) is 1. The Morgan fingerprint density at radius 3 is 2.00 bits per heavy atom. The molecule has 0 radical (unpaired) electrons. The first-order valence-corrected chi connectivity index (χ1v) is 6.64. The van der Waals surface area contributed by atoms with E-state index in [1.807, 2.05) is 25.1 Å². The quantitative estimate of drug-likeness (QED) is 0.884. The molecule has 0 unspecified atom stereocenters. The van der Waals surface area contributed by atoms with Crippen LogP contribution < -0.4 is 0 Å². The largest absolute Gasteiger partial charge is 0.392 e. The summed E-state index contributed by atoms with van der Waals surface area (Å²) in [4.78, 5) is 0. The summed E-state index contributed by atoms with van der Waals surface area (Å²) in [6.45, 7) is 2.09. The smallest absolute Gasteiger partial charge is 0.0618 e. The first kappa shape index (κ1) is 13.1. The van der Waals surface area contributed by atoms with Crippen molar-refractivity contribution in [2.75, 3.05) is 6.61 Å². The average molecular weight is 303 g/mol. The van der Waals surface area contributed by atoms with Gasteiger partial charge in [-0.15, -0.1) is 0 Å². The van der Waals surface area contributed by atoms with Crippen molar-refractivity contribution in [3.8, 4) is 11.1 Å². The molecule has 1 nitrogen and oxygen atoms in total. The van der Waals surface area contributed by atoms with E-state index < -0.39 is 0 Å². The Bertz CT molecular complexity index is 538. The van der Waals surface area contributed by atoms with E-state index in [1.54, 1.807) is 0 Å². The molecule has 18 heavy (non-hydrogen) atoms. The van der Waals surface area contributed by atoms with Crippen molar-refractivity contribution >= 4 is 21.5 Å². The van der Waals surface area contributed by atoms with Crippen molar-refractivity contribution < 1.29 is 5.11 Å². The molecule has 2 rings (SSSR count). The van der Waals surface area contributed by atoms with Gasteiger partial charge in [0, 0.05) is 4.47 Å². The molecule has 2 aromatic rings. The lowest BCUT2D eigenvalue weighted by Crippen LogP contribution is -1.83. The fourth-order valence-corrected chi connectivity index (χ4v) is 2.09. The molecule has 2 heteroatoms. The van der Waals surface area contributed by atoms with Crippen molar-refractivity contribution in [1.29, 1.82) is 0 Å². The fraction of sp³-hybridized carbons (Fsp3) is 0.125. The van der Waals surface area contributed by atoms with Crippen LogP contribution in [-0.4, -0.2) is 11.7 Å². The SMILES string of the molecule is CC(=CCO)c1ccc(-c2ccc(Br)cc2)cc1. The van der Waals surface area contributed by atoms with E-state index >= 15 is 0 Å². The van der Waals surface area contributed by atoms with Crippen LogP contribution in [0.3, 0.4) is 0 Å². The summed E-state index contributed by atoms with van der Waals surface area (Å²) in [6.07, 6.45) is 1.81. The van der Waals surface area contributed by atoms with Gasteiger partial charge in [0.1, 0.15) is 0 Å². The van der Waals surface area contributed by atoms with Crippen LogP contribution in [-0.2, 0) is 0 Å². The van der Waals surface area contributed by atoms with Gasteiger partial charge in [0.15, 0.2) is 0 Å². The van der Waals surface area contributed by atoms with Crippen LogP contribution in [0.4, 0.5) is 0 Å². The molecule has 0 aliphatic carbocycles. The summed E-state index contributed by atoms with van der Waals surface area (Å²) in [7, 11) is 0. The molecule has 0 spiro atoms. The van der Waals surface area contributed by atoms with Crippen LogP contribution in [0.2, 0.25) is 0 Å². The molecule has 0 heterocycles. The lowest BCUT2D eigenvalue weighted by atomic mass is 10.0. The van der Waals surface area contributed by atoms with Gasteiger partial charge in [0.25, 0.3) is 0 Å². The zero-order valence-electron chi connectivity index (χ0n) is 10.2. The third-order valence-electron chi connectivity index (χ3n) is 2.92. The van der Waals surface area contributed by atoms with E-state index in [1.165, 1.54) is 11.1 Å². The molecule has 0 aliphatic rings. The minimum atomic E-state index is 0.0836.